The number of piperidine rings is 1. The zero-order chi connectivity index (χ0) is 53.5. The average Bonchev–Trinajstić information content (AvgIpc) is 3.94. The maximum Gasteiger partial charge on any atom is 0.330 e. The van der Waals surface area contributed by atoms with Crippen molar-refractivity contribution < 1.29 is 62.1 Å². The van der Waals surface area contributed by atoms with E-state index in [-0.39, 0.29) is 31.5 Å². The fourth-order valence-electron chi connectivity index (χ4n) is 10.6. The van der Waals surface area contributed by atoms with Gasteiger partial charge in [0.05, 0.1) is 99.2 Å². The maximum atomic E-state index is 13.1. The van der Waals surface area contributed by atoms with Crippen LogP contribution in [0.1, 0.15) is 74.3 Å². The van der Waals surface area contributed by atoms with E-state index in [1.54, 1.807) is 14.2 Å². The van der Waals surface area contributed by atoms with Crippen molar-refractivity contribution in [3.8, 4) is 28.4 Å². The molecule has 8 rings (SSSR count). The fourth-order valence-corrected chi connectivity index (χ4v) is 10.6. The highest BCUT2D eigenvalue weighted by molar-refractivity contribution is 6.10. The summed E-state index contributed by atoms with van der Waals surface area (Å²) in [4.78, 5) is 27.8. The van der Waals surface area contributed by atoms with E-state index in [4.69, 9.17) is 47.4 Å². The summed E-state index contributed by atoms with van der Waals surface area (Å²) in [6.45, 7) is 16.2. The number of esters is 1. The van der Waals surface area contributed by atoms with Gasteiger partial charge in [-0.25, -0.2) is 4.79 Å². The van der Waals surface area contributed by atoms with E-state index < -0.39 is 17.0 Å². The lowest BCUT2D eigenvalue weighted by atomic mass is 9.76. The average molecular weight is 1040 g/mol. The van der Waals surface area contributed by atoms with Crippen LogP contribution in [0, 0.1) is 5.92 Å². The summed E-state index contributed by atoms with van der Waals surface area (Å²) in [5.41, 5.74) is 8.48. The monoisotopic (exact) mass is 1040 g/mol. The predicted molar refractivity (Wildman–Crippen MR) is 294 cm³/mol. The molecule has 1 fully saturated rings. The molecule has 3 aliphatic rings. The fraction of sp³-hybridized carbons (Fsp3) is 0.419. The molecule has 76 heavy (non-hydrogen) atoms. The van der Waals surface area contributed by atoms with E-state index in [1.165, 1.54) is 11.6 Å². The van der Waals surface area contributed by atoms with Gasteiger partial charge in [-0.2, -0.15) is 0 Å². The molecule has 404 valence electrons. The van der Waals surface area contributed by atoms with Crippen molar-refractivity contribution in [3.63, 3.8) is 0 Å². The summed E-state index contributed by atoms with van der Waals surface area (Å²) in [6, 6.07) is 31.0. The van der Waals surface area contributed by atoms with E-state index in [0.29, 0.717) is 104 Å². The van der Waals surface area contributed by atoms with E-state index in [0.717, 1.165) is 73.3 Å². The van der Waals surface area contributed by atoms with Crippen LogP contribution >= 0.6 is 0 Å². The second-order valence-corrected chi connectivity index (χ2v) is 19.7. The maximum absolute atomic E-state index is 13.1. The Morgan fingerprint density at radius 2 is 1.36 bits per heavy atom. The van der Waals surface area contributed by atoms with Crippen molar-refractivity contribution in [2.75, 3.05) is 112 Å². The molecule has 2 aliphatic heterocycles. The molecule has 5 aromatic carbocycles. The van der Waals surface area contributed by atoms with Gasteiger partial charge in [0, 0.05) is 58.1 Å². The number of ether oxygens (including phenoxy) is 10. The Morgan fingerprint density at radius 3 is 1.97 bits per heavy atom. The first-order valence-electron chi connectivity index (χ1n) is 26.4. The summed E-state index contributed by atoms with van der Waals surface area (Å²) in [5, 5.41) is 12.2. The van der Waals surface area contributed by atoms with Gasteiger partial charge < -0.3 is 57.4 Å². The van der Waals surface area contributed by atoms with Gasteiger partial charge in [0.2, 0.25) is 0 Å². The molecule has 0 saturated carbocycles. The van der Waals surface area contributed by atoms with Crippen LogP contribution in [0.4, 0.5) is 5.69 Å². The number of carboxylic acids is 1. The number of methoxy groups -OCH3 is 2. The normalized spacial score (nSPS) is 17.7. The molecule has 14 nitrogen and oxygen atoms in total. The van der Waals surface area contributed by atoms with Gasteiger partial charge in [0.1, 0.15) is 23.9 Å². The minimum Gasteiger partial charge on any atom is -0.497 e. The molecule has 0 amide bonds. The molecule has 5 aromatic rings. The third kappa shape index (κ3) is 13.0. The molecule has 0 spiro atoms. The lowest BCUT2D eigenvalue weighted by molar-refractivity contribution is -0.145. The molecule has 0 aromatic heterocycles. The molecular weight excluding hydrogens is 967 g/mol. The Morgan fingerprint density at radius 1 is 0.750 bits per heavy atom. The largest absolute Gasteiger partial charge is 0.497 e. The van der Waals surface area contributed by atoms with Gasteiger partial charge in [-0.1, -0.05) is 98.8 Å². The van der Waals surface area contributed by atoms with Crippen molar-refractivity contribution in [2.24, 2.45) is 5.92 Å². The minimum atomic E-state index is -1.07. The van der Waals surface area contributed by atoms with Crippen LogP contribution in [-0.2, 0) is 53.8 Å². The SMILES string of the molecule is C=C(C)COCCOCCOCCOCCOCCOCCOC(=O)CCC1CCCN(c2cc3c4c(c5c(c3cc2OC)OC(c2ccccc2)(c2ccc(OC)cc2)C=C5)C(C)(C)c2ccccc2-4)/C1=C\C(=O)O. The van der Waals surface area contributed by atoms with Crippen molar-refractivity contribution in [3.05, 3.63) is 149 Å². The molecule has 14 heteroatoms. The number of hydrogen-bond donors (Lipinski definition) is 1. The number of allylic oxidation sites excluding steroid dienone is 1. The predicted octanol–water partition coefficient (Wildman–Crippen LogP) is 10.7. The molecule has 1 saturated heterocycles. The highest BCUT2D eigenvalue weighted by atomic mass is 16.6. The van der Waals surface area contributed by atoms with E-state index in [2.05, 4.69) is 92.1 Å². The molecule has 2 unspecified atom stereocenters. The Hall–Kier alpha value is -6.52. The van der Waals surface area contributed by atoms with Crippen molar-refractivity contribution >= 4 is 34.5 Å². The molecule has 0 radical (unpaired) electrons. The lowest BCUT2D eigenvalue weighted by Crippen LogP contribution is -2.35. The number of carboxylic acid groups (broad SMARTS) is 1. The number of carbonyl (C=O) groups excluding carboxylic acids is 1. The van der Waals surface area contributed by atoms with E-state index in [1.807, 2.05) is 43.3 Å². The summed E-state index contributed by atoms with van der Waals surface area (Å²) < 4.78 is 58.1. The van der Waals surface area contributed by atoms with Gasteiger partial charge in [-0.05, 0) is 84.2 Å². The third-order valence-corrected chi connectivity index (χ3v) is 14.2. The molecule has 2 heterocycles. The van der Waals surface area contributed by atoms with Gasteiger partial charge in [0.15, 0.2) is 5.60 Å². The van der Waals surface area contributed by atoms with Gasteiger partial charge in [-0.15, -0.1) is 0 Å². The number of aliphatic carboxylic acids is 1. The van der Waals surface area contributed by atoms with E-state index in [9.17, 15) is 14.7 Å². The first kappa shape index (κ1) is 55.7. The Bertz CT molecular complexity index is 2840. The lowest BCUT2D eigenvalue weighted by Gasteiger charge is -2.39. The van der Waals surface area contributed by atoms with Gasteiger partial charge in [-0.3, -0.25) is 4.79 Å². The number of benzene rings is 5. The number of carbonyl (C=O) groups is 2. The minimum absolute atomic E-state index is 0.0959. The molecule has 1 aliphatic carbocycles. The quantitative estimate of drug-likeness (QED) is 0.0209. The molecule has 2 atom stereocenters. The topological polar surface area (TPSA) is 150 Å². The second-order valence-electron chi connectivity index (χ2n) is 19.7. The Kier molecular flexibility index (Phi) is 19.4. The number of fused-ring (bicyclic) bond motifs is 8. The Labute approximate surface area is 447 Å². The van der Waals surface area contributed by atoms with Crippen molar-refractivity contribution in [1.82, 2.24) is 0 Å². The second kappa shape index (κ2) is 26.5. The van der Waals surface area contributed by atoms with Crippen LogP contribution in [0.3, 0.4) is 0 Å². The summed E-state index contributed by atoms with van der Waals surface area (Å²) in [5.74, 6) is 0.374. The van der Waals surface area contributed by atoms with Crippen LogP contribution in [0.25, 0.3) is 28.0 Å². The highest BCUT2D eigenvalue weighted by Gasteiger charge is 2.45. The summed E-state index contributed by atoms with van der Waals surface area (Å²) >= 11 is 0. The number of hydrogen-bond acceptors (Lipinski definition) is 13. The van der Waals surface area contributed by atoms with Crippen LogP contribution < -0.4 is 19.1 Å². The zero-order valence-electron chi connectivity index (χ0n) is 44.7. The Balaban J connectivity index is 0.917. The van der Waals surface area contributed by atoms with Gasteiger partial charge >= 0.3 is 11.9 Å². The van der Waals surface area contributed by atoms with Crippen LogP contribution in [0.5, 0.6) is 17.2 Å². The van der Waals surface area contributed by atoms with E-state index >= 15 is 0 Å². The molecular formula is C62H73NO13. The van der Waals surface area contributed by atoms with Crippen LogP contribution in [-0.4, -0.2) is 124 Å². The van der Waals surface area contributed by atoms with Crippen molar-refractivity contribution in [1.29, 1.82) is 0 Å². The first-order chi connectivity index (χ1) is 37.0. The smallest absolute Gasteiger partial charge is 0.330 e. The molecule has 1 N–H and O–H groups in total. The summed E-state index contributed by atoms with van der Waals surface area (Å²) in [7, 11) is 3.30. The van der Waals surface area contributed by atoms with Crippen LogP contribution in [0.15, 0.2) is 121 Å². The van der Waals surface area contributed by atoms with Gasteiger partial charge in [0.25, 0.3) is 0 Å². The first-order valence-corrected chi connectivity index (χ1v) is 26.4. The number of rotatable bonds is 29. The highest BCUT2D eigenvalue weighted by Crippen LogP contribution is 2.59. The number of anilines is 1. The summed E-state index contributed by atoms with van der Waals surface area (Å²) in [6.07, 6.45) is 7.68. The third-order valence-electron chi connectivity index (χ3n) is 14.2. The number of nitrogens with zero attached hydrogens (tertiary/aromatic N) is 1. The standard InChI is InChI=1S/C62H73NO13/c1-43(2)42-74-36-35-72-32-31-70-28-27-69-29-30-71-33-34-73-37-38-75-57(66)23-18-44-13-12-26-63(53(44)41-56(64)65)54-39-50-51(40-55(54)68-6)60-49(59-58(50)48-16-10-11-17-52(48)61(59,3)4)24-25-62(76-60,45-14-8-7-9-15-45)46-19-21-47(67-5)22-20-46/h7-11,14-17,19-22,24-25,39-41,44H,1,12-13,18,23,26-38,42H2,2-6H3,(H,64,65)/b53-41-. The van der Waals surface area contributed by atoms with Crippen LogP contribution in [0.2, 0.25) is 0 Å². The van der Waals surface area contributed by atoms with Crippen molar-refractivity contribution in [2.45, 2.75) is 57.5 Å². The zero-order valence-corrected chi connectivity index (χ0v) is 44.7. The molecule has 0 bridgehead atoms.